The second kappa shape index (κ2) is 11.0. The van der Waals surface area contributed by atoms with E-state index < -0.39 is 0 Å². The average Bonchev–Trinajstić information content (AvgIpc) is 3.30. The molecule has 0 radical (unpaired) electrons. The Morgan fingerprint density at radius 2 is 1.76 bits per heavy atom. The summed E-state index contributed by atoms with van der Waals surface area (Å²) in [5.41, 5.74) is 3.45. The molecular formula is C26H25FN4O2S. The van der Waals surface area contributed by atoms with E-state index >= 15 is 0 Å². The largest absolute Gasteiger partial charge is 0.497 e. The van der Waals surface area contributed by atoms with Crippen LogP contribution in [0.2, 0.25) is 0 Å². The molecule has 0 saturated carbocycles. The first kappa shape index (κ1) is 23.5. The highest BCUT2D eigenvalue weighted by molar-refractivity contribution is 7.98. The molecule has 0 fully saturated rings. The summed E-state index contributed by atoms with van der Waals surface area (Å²) in [5.74, 6) is 1.82. The second-order valence-electron chi connectivity index (χ2n) is 7.58. The van der Waals surface area contributed by atoms with Crippen molar-refractivity contribution in [3.63, 3.8) is 0 Å². The Bertz CT molecular complexity index is 1260. The first-order valence-corrected chi connectivity index (χ1v) is 11.9. The minimum absolute atomic E-state index is 0.169. The van der Waals surface area contributed by atoms with E-state index in [9.17, 15) is 9.18 Å². The maximum absolute atomic E-state index is 13.0. The zero-order valence-corrected chi connectivity index (χ0v) is 19.8. The first-order chi connectivity index (χ1) is 16.6. The Balaban J connectivity index is 1.37. The molecule has 6 nitrogen and oxygen atoms in total. The SMILES string of the molecule is CCn1c(SCc2ccc(C(=O)NCc3ccc(F)cc3)cc2)nnc1-c1cccc(OC)c1. The number of hydrogen-bond donors (Lipinski definition) is 1. The normalized spacial score (nSPS) is 10.8. The van der Waals surface area contributed by atoms with Crippen molar-refractivity contribution in [1.82, 2.24) is 20.1 Å². The van der Waals surface area contributed by atoms with E-state index in [0.29, 0.717) is 17.9 Å². The zero-order valence-electron chi connectivity index (χ0n) is 19.0. The number of nitrogens with zero attached hydrogens (tertiary/aromatic N) is 3. The summed E-state index contributed by atoms with van der Waals surface area (Å²) in [7, 11) is 1.64. The summed E-state index contributed by atoms with van der Waals surface area (Å²) in [6.07, 6.45) is 0. The van der Waals surface area contributed by atoms with E-state index in [1.807, 2.05) is 48.5 Å². The van der Waals surface area contributed by atoms with Gasteiger partial charge in [-0.05, 0) is 54.4 Å². The van der Waals surface area contributed by atoms with Crippen LogP contribution < -0.4 is 10.1 Å². The molecule has 4 aromatic rings. The van der Waals surface area contributed by atoms with Gasteiger partial charge in [0.25, 0.3) is 5.91 Å². The highest BCUT2D eigenvalue weighted by Crippen LogP contribution is 2.28. The fourth-order valence-electron chi connectivity index (χ4n) is 3.44. The van der Waals surface area contributed by atoms with Crippen molar-refractivity contribution < 1.29 is 13.9 Å². The molecule has 3 aromatic carbocycles. The number of rotatable bonds is 9. The molecule has 0 unspecified atom stereocenters. The Kier molecular flexibility index (Phi) is 7.59. The van der Waals surface area contributed by atoms with Crippen molar-refractivity contribution in [1.29, 1.82) is 0 Å². The topological polar surface area (TPSA) is 69.0 Å². The third kappa shape index (κ3) is 5.63. The quantitative estimate of drug-likeness (QED) is 0.331. The molecule has 1 heterocycles. The maximum atomic E-state index is 13.0. The van der Waals surface area contributed by atoms with Crippen LogP contribution >= 0.6 is 11.8 Å². The molecule has 0 aliphatic carbocycles. The van der Waals surface area contributed by atoms with Crippen molar-refractivity contribution in [2.45, 2.75) is 30.9 Å². The summed E-state index contributed by atoms with van der Waals surface area (Å²) < 4.78 is 20.4. The molecule has 1 N–H and O–H groups in total. The minimum Gasteiger partial charge on any atom is -0.497 e. The van der Waals surface area contributed by atoms with Gasteiger partial charge < -0.3 is 14.6 Å². The number of methoxy groups -OCH3 is 1. The lowest BCUT2D eigenvalue weighted by Crippen LogP contribution is -2.22. The van der Waals surface area contributed by atoms with E-state index in [2.05, 4.69) is 27.0 Å². The van der Waals surface area contributed by atoms with Gasteiger partial charge in [0.2, 0.25) is 0 Å². The number of amides is 1. The van der Waals surface area contributed by atoms with Crippen LogP contribution in [0.5, 0.6) is 5.75 Å². The second-order valence-corrected chi connectivity index (χ2v) is 8.52. The Morgan fingerprint density at radius 1 is 1.03 bits per heavy atom. The third-order valence-electron chi connectivity index (χ3n) is 5.31. The van der Waals surface area contributed by atoms with Gasteiger partial charge >= 0.3 is 0 Å². The third-order valence-corrected chi connectivity index (χ3v) is 6.35. The number of benzene rings is 3. The molecule has 0 atom stereocenters. The number of nitrogens with one attached hydrogen (secondary N) is 1. The molecule has 34 heavy (non-hydrogen) atoms. The number of ether oxygens (including phenoxy) is 1. The van der Waals surface area contributed by atoms with Crippen molar-refractivity contribution in [2.75, 3.05) is 7.11 Å². The fraction of sp³-hybridized carbons (Fsp3) is 0.192. The number of carbonyl (C=O) groups is 1. The summed E-state index contributed by atoms with van der Waals surface area (Å²) >= 11 is 1.60. The standard InChI is InChI=1S/C26H25FN4O2S/c1-3-31-24(21-5-4-6-23(15-21)33-2)29-30-26(31)34-17-19-7-11-20(12-8-19)25(32)28-16-18-9-13-22(27)14-10-18/h4-15H,3,16-17H2,1-2H3,(H,28,32). The maximum Gasteiger partial charge on any atom is 0.251 e. The molecule has 0 bridgehead atoms. The van der Waals surface area contributed by atoms with E-state index in [-0.39, 0.29) is 11.7 Å². The predicted molar refractivity (Wildman–Crippen MR) is 131 cm³/mol. The average molecular weight is 477 g/mol. The van der Waals surface area contributed by atoms with Gasteiger partial charge in [0.05, 0.1) is 7.11 Å². The smallest absolute Gasteiger partial charge is 0.251 e. The summed E-state index contributed by atoms with van der Waals surface area (Å²) in [4.78, 5) is 12.4. The first-order valence-electron chi connectivity index (χ1n) is 10.9. The molecular weight excluding hydrogens is 451 g/mol. The van der Waals surface area contributed by atoms with E-state index in [0.717, 1.165) is 40.0 Å². The van der Waals surface area contributed by atoms with Crippen LogP contribution in [0.25, 0.3) is 11.4 Å². The Hall–Kier alpha value is -3.65. The van der Waals surface area contributed by atoms with Crippen molar-refractivity contribution in [3.05, 3.63) is 95.3 Å². The number of aromatic nitrogens is 3. The van der Waals surface area contributed by atoms with Crippen LogP contribution in [0.3, 0.4) is 0 Å². The van der Waals surface area contributed by atoms with Gasteiger partial charge in [-0.2, -0.15) is 0 Å². The van der Waals surface area contributed by atoms with E-state index in [1.165, 1.54) is 12.1 Å². The molecule has 4 rings (SSSR count). The monoisotopic (exact) mass is 476 g/mol. The molecule has 0 aliphatic rings. The highest BCUT2D eigenvalue weighted by Gasteiger charge is 2.14. The van der Waals surface area contributed by atoms with Crippen LogP contribution in [0.4, 0.5) is 4.39 Å². The number of halogens is 1. The Labute approximate surface area is 202 Å². The minimum atomic E-state index is -0.294. The molecule has 0 spiro atoms. The lowest BCUT2D eigenvalue weighted by molar-refractivity contribution is 0.0951. The van der Waals surface area contributed by atoms with Gasteiger partial charge in [0, 0.05) is 30.0 Å². The highest BCUT2D eigenvalue weighted by atomic mass is 32.2. The molecule has 1 aromatic heterocycles. The van der Waals surface area contributed by atoms with Crippen molar-refractivity contribution in [3.8, 4) is 17.1 Å². The summed E-state index contributed by atoms with van der Waals surface area (Å²) in [6.45, 7) is 3.16. The summed E-state index contributed by atoms with van der Waals surface area (Å²) in [5, 5.41) is 12.5. The molecule has 0 aliphatic heterocycles. The molecule has 174 valence electrons. The van der Waals surface area contributed by atoms with Gasteiger partial charge in [-0.3, -0.25) is 4.79 Å². The van der Waals surface area contributed by atoms with Gasteiger partial charge in [-0.25, -0.2) is 4.39 Å². The molecule has 1 amide bonds. The molecule has 8 heteroatoms. The zero-order chi connectivity index (χ0) is 23.9. The van der Waals surface area contributed by atoms with Crippen LogP contribution in [0.15, 0.2) is 78.0 Å². The predicted octanol–water partition coefficient (Wildman–Crippen LogP) is 5.34. The molecule has 0 saturated heterocycles. The van der Waals surface area contributed by atoms with Gasteiger partial charge in [0.15, 0.2) is 11.0 Å². The van der Waals surface area contributed by atoms with Crippen LogP contribution in [-0.4, -0.2) is 27.8 Å². The Morgan fingerprint density at radius 3 is 2.47 bits per heavy atom. The lowest BCUT2D eigenvalue weighted by atomic mass is 10.1. The fourth-order valence-corrected chi connectivity index (χ4v) is 4.40. The van der Waals surface area contributed by atoms with Gasteiger partial charge in [0.1, 0.15) is 11.6 Å². The van der Waals surface area contributed by atoms with E-state index in [1.54, 1.807) is 31.0 Å². The number of hydrogen-bond acceptors (Lipinski definition) is 5. The number of carbonyl (C=O) groups excluding carboxylic acids is 1. The number of thioether (sulfide) groups is 1. The van der Waals surface area contributed by atoms with Crippen molar-refractivity contribution >= 4 is 17.7 Å². The van der Waals surface area contributed by atoms with Crippen molar-refractivity contribution in [2.24, 2.45) is 0 Å². The van der Waals surface area contributed by atoms with E-state index in [4.69, 9.17) is 4.74 Å². The van der Waals surface area contributed by atoms with Crippen LogP contribution in [0, 0.1) is 5.82 Å². The van der Waals surface area contributed by atoms with Gasteiger partial charge in [-0.1, -0.05) is 48.2 Å². The van der Waals surface area contributed by atoms with Crippen LogP contribution in [-0.2, 0) is 18.8 Å². The lowest BCUT2D eigenvalue weighted by Gasteiger charge is -2.09. The summed E-state index contributed by atoms with van der Waals surface area (Å²) in [6, 6.07) is 21.4. The van der Waals surface area contributed by atoms with Crippen LogP contribution in [0.1, 0.15) is 28.4 Å². The van der Waals surface area contributed by atoms with Gasteiger partial charge in [-0.15, -0.1) is 10.2 Å².